The van der Waals surface area contributed by atoms with Crippen molar-refractivity contribution in [3.8, 4) is 6.01 Å². The smallest absolute Gasteiger partial charge is 0.322 e. The first-order valence-corrected chi connectivity index (χ1v) is 7.56. The second-order valence-electron chi connectivity index (χ2n) is 5.25. The van der Waals surface area contributed by atoms with Crippen LogP contribution in [0.4, 0.5) is 5.95 Å². The minimum atomic E-state index is 0.183. The van der Waals surface area contributed by atoms with Crippen molar-refractivity contribution in [1.29, 1.82) is 0 Å². The summed E-state index contributed by atoms with van der Waals surface area (Å²) < 4.78 is 11.0. The highest BCUT2D eigenvalue weighted by Gasteiger charge is 2.19. The van der Waals surface area contributed by atoms with Crippen LogP contribution in [-0.2, 0) is 4.74 Å². The Morgan fingerprint density at radius 2 is 1.90 bits per heavy atom. The number of aromatic nitrogens is 3. The quantitative estimate of drug-likeness (QED) is 0.846. The summed E-state index contributed by atoms with van der Waals surface area (Å²) in [5.74, 6) is 1.20. The van der Waals surface area contributed by atoms with E-state index >= 15 is 0 Å². The van der Waals surface area contributed by atoms with Gasteiger partial charge < -0.3 is 14.4 Å². The first kappa shape index (κ1) is 13.8. The molecule has 7 heteroatoms. The van der Waals surface area contributed by atoms with Crippen molar-refractivity contribution in [3.63, 3.8) is 0 Å². The Balaban J connectivity index is 1.65. The van der Waals surface area contributed by atoms with Gasteiger partial charge in [-0.15, -0.1) is 0 Å². The fourth-order valence-corrected chi connectivity index (χ4v) is 2.81. The Labute approximate surface area is 123 Å². The molecule has 1 aliphatic carbocycles. The van der Waals surface area contributed by atoms with E-state index in [0.717, 1.165) is 13.1 Å². The molecule has 1 aromatic heterocycles. The molecule has 0 bridgehead atoms. The van der Waals surface area contributed by atoms with Crippen LogP contribution in [0.1, 0.15) is 25.7 Å². The molecule has 0 unspecified atom stereocenters. The molecule has 0 amide bonds. The lowest BCUT2D eigenvalue weighted by molar-refractivity contribution is 0.122. The molecule has 2 fully saturated rings. The van der Waals surface area contributed by atoms with Crippen molar-refractivity contribution < 1.29 is 9.47 Å². The third kappa shape index (κ3) is 3.49. The molecule has 1 aliphatic heterocycles. The molecule has 0 radical (unpaired) electrons. The first-order chi connectivity index (χ1) is 9.81. The minimum absolute atomic E-state index is 0.183. The number of nitrogens with zero attached hydrogens (tertiary/aromatic N) is 4. The number of rotatable bonds is 4. The lowest BCUT2D eigenvalue weighted by Gasteiger charge is -2.26. The number of hydrogen-bond acceptors (Lipinski definition) is 6. The zero-order valence-corrected chi connectivity index (χ0v) is 12.2. The highest BCUT2D eigenvalue weighted by molar-refractivity contribution is 6.28. The number of hydrogen-bond donors (Lipinski definition) is 0. The lowest BCUT2D eigenvalue weighted by Crippen LogP contribution is -2.37. The van der Waals surface area contributed by atoms with Crippen molar-refractivity contribution in [2.45, 2.75) is 25.7 Å². The normalized spacial score (nSPS) is 20.4. The average molecular weight is 299 g/mol. The SMILES string of the molecule is Clc1nc(OCC2CCCC2)nc(N2CCOCC2)n1. The van der Waals surface area contributed by atoms with E-state index in [4.69, 9.17) is 21.1 Å². The summed E-state index contributed by atoms with van der Waals surface area (Å²) in [5, 5.41) is 0.183. The number of halogens is 1. The Morgan fingerprint density at radius 1 is 1.15 bits per heavy atom. The fourth-order valence-electron chi connectivity index (χ4n) is 2.66. The molecule has 2 aliphatic rings. The Morgan fingerprint density at radius 3 is 2.65 bits per heavy atom. The summed E-state index contributed by atoms with van der Waals surface area (Å²) in [4.78, 5) is 14.6. The second-order valence-corrected chi connectivity index (χ2v) is 5.59. The molecular formula is C13H19ClN4O2. The second kappa shape index (κ2) is 6.54. The summed E-state index contributed by atoms with van der Waals surface area (Å²) in [6.07, 6.45) is 5.06. The van der Waals surface area contributed by atoms with Crippen LogP contribution in [-0.4, -0.2) is 47.9 Å². The van der Waals surface area contributed by atoms with Crippen LogP contribution in [0, 0.1) is 5.92 Å². The van der Waals surface area contributed by atoms with Gasteiger partial charge in [0.05, 0.1) is 19.8 Å². The van der Waals surface area contributed by atoms with Gasteiger partial charge in [-0.25, -0.2) is 0 Å². The van der Waals surface area contributed by atoms with E-state index in [-0.39, 0.29) is 5.28 Å². The summed E-state index contributed by atoms with van der Waals surface area (Å²) in [7, 11) is 0. The molecule has 6 nitrogen and oxygen atoms in total. The molecule has 0 spiro atoms. The van der Waals surface area contributed by atoms with E-state index in [9.17, 15) is 0 Å². The molecular weight excluding hydrogens is 280 g/mol. The summed E-state index contributed by atoms with van der Waals surface area (Å²) in [6, 6.07) is 0.332. The van der Waals surface area contributed by atoms with Gasteiger partial charge in [0.1, 0.15) is 0 Å². The van der Waals surface area contributed by atoms with Gasteiger partial charge in [-0.2, -0.15) is 15.0 Å². The Kier molecular flexibility index (Phi) is 4.52. The van der Waals surface area contributed by atoms with E-state index in [2.05, 4.69) is 15.0 Å². The summed E-state index contributed by atoms with van der Waals surface area (Å²) in [5.41, 5.74) is 0. The van der Waals surface area contributed by atoms with E-state index in [1.54, 1.807) is 0 Å². The van der Waals surface area contributed by atoms with E-state index in [1.807, 2.05) is 4.90 Å². The maximum absolute atomic E-state index is 5.96. The largest absolute Gasteiger partial charge is 0.463 e. The van der Waals surface area contributed by atoms with E-state index < -0.39 is 0 Å². The number of ether oxygens (including phenoxy) is 2. The molecule has 1 saturated heterocycles. The third-order valence-electron chi connectivity index (χ3n) is 3.79. The van der Waals surface area contributed by atoms with Gasteiger partial charge in [0.15, 0.2) is 0 Å². The predicted molar refractivity (Wildman–Crippen MR) is 75.3 cm³/mol. The highest BCUT2D eigenvalue weighted by atomic mass is 35.5. The first-order valence-electron chi connectivity index (χ1n) is 7.18. The van der Waals surface area contributed by atoms with Gasteiger partial charge in [-0.05, 0) is 30.4 Å². The van der Waals surface area contributed by atoms with Crippen LogP contribution in [0.15, 0.2) is 0 Å². The average Bonchev–Trinajstić information content (AvgIpc) is 2.99. The predicted octanol–water partition coefficient (Wildman–Crippen LogP) is 1.93. The van der Waals surface area contributed by atoms with Crippen LogP contribution in [0.5, 0.6) is 6.01 Å². The zero-order chi connectivity index (χ0) is 13.8. The fraction of sp³-hybridized carbons (Fsp3) is 0.769. The molecule has 3 rings (SSSR count). The lowest BCUT2D eigenvalue weighted by atomic mass is 10.1. The maximum Gasteiger partial charge on any atom is 0.322 e. The molecule has 0 N–H and O–H groups in total. The van der Waals surface area contributed by atoms with Crippen LogP contribution >= 0.6 is 11.6 Å². The van der Waals surface area contributed by atoms with Crippen molar-refractivity contribution in [3.05, 3.63) is 5.28 Å². The number of morpholine rings is 1. The Bertz CT molecular complexity index is 448. The van der Waals surface area contributed by atoms with Gasteiger partial charge >= 0.3 is 6.01 Å². The molecule has 1 aromatic rings. The van der Waals surface area contributed by atoms with E-state index in [1.165, 1.54) is 25.7 Å². The van der Waals surface area contributed by atoms with Crippen LogP contribution < -0.4 is 9.64 Å². The standard InChI is InChI=1S/C13H19ClN4O2/c14-11-15-12(18-5-7-19-8-6-18)17-13(16-11)20-9-10-3-1-2-4-10/h10H,1-9H2. The summed E-state index contributed by atoms with van der Waals surface area (Å²) >= 11 is 5.96. The van der Waals surface area contributed by atoms with Crippen LogP contribution in [0.25, 0.3) is 0 Å². The third-order valence-corrected chi connectivity index (χ3v) is 3.96. The van der Waals surface area contributed by atoms with Gasteiger partial charge in [0, 0.05) is 13.1 Å². The molecule has 2 heterocycles. The van der Waals surface area contributed by atoms with Gasteiger partial charge in [0.2, 0.25) is 11.2 Å². The molecule has 1 saturated carbocycles. The Hall–Kier alpha value is -1.14. The zero-order valence-electron chi connectivity index (χ0n) is 11.4. The van der Waals surface area contributed by atoms with Crippen molar-refractivity contribution in [2.75, 3.05) is 37.8 Å². The van der Waals surface area contributed by atoms with Crippen molar-refractivity contribution in [1.82, 2.24) is 15.0 Å². The molecule has 0 atom stereocenters. The van der Waals surface area contributed by atoms with Crippen molar-refractivity contribution >= 4 is 17.5 Å². The minimum Gasteiger partial charge on any atom is -0.463 e. The van der Waals surface area contributed by atoms with Gasteiger partial charge in [-0.1, -0.05) is 12.8 Å². The number of anilines is 1. The van der Waals surface area contributed by atoms with Crippen molar-refractivity contribution in [2.24, 2.45) is 5.92 Å². The van der Waals surface area contributed by atoms with E-state index in [0.29, 0.717) is 37.7 Å². The van der Waals surface area contributed by atoms with Crippen LogP contribution in [0.3, 0.4) is 0 Å². The molecule has 0 aromatic carbocycles. The maximum atomic E-state index is 5.96. The highest BCUT2D eigenvalue weighted by Crippen LogP contribution is 2.25. The van der Waals surface area contributed by atoms with Gasteiger partial charge in [-0.3, -0.25) is 0 Å². The summed E-state index contributed by atoms with van der Waals surface area (Å²) in [6.45, 7) is 3.57. The molecule has 20 heavy (non-hydrogen) atoms. The topological polar surface area (TPSA) is 60.4 Å². The van der Waals surface area contributed by atoms with Gasteiger partial charge in [0.25, 0.3) is 0 Å². The monoisotopic (exact) mass is 298 g/mol. The molecule has 110 valence electrons. The van der Waals surface area contributed by atoms with Crippen LogP contribution in [0.2, 0.25) is 5.28 Å².